The van der Waals surface area contributed by atoms with E-state index in [0.717, 1.165) is 35.3 Å². The summed E-state index contributed by atoms with van der Waals surface area (Å²) < 4.78 is 5.97. The summed E-state index contributed by atoms with van der Waals surface area (Å²) in [6, 6.07) is 14.2. The minimum absolute atomic E-state index is 0.127. The van der Waals surface area contributed by atoms with Crippen LogP contribution in [0.1, 0.15) is 36.1 Å². The molecule has 0 aliphatic carbocycles. The van der Waals surface area contributed by atoms with Gasteiger partial charge >= 0.3 is 0 Å². The maximum Gasteiger partial charge on any atom is 0.260 e. The Morgan fingerprint density at radius 3 is 2.73 bits per heavy atom. The number of nitrogens with zero attached hydrogens (tertiary/aromatic N) is 1. The van der Waals surface area contributed by atoms with Crippen LogP contribution in [-0.4, -0.2) is 52.9 Å². The molecular formula is C24H28N2O4. The summed E-state index contributed by atoms with van der Waals surface area (Å²) in [6.45, 7) is 5.64. The highest BCUT2D eigenvalue weighted by atomic mass is 16.5. The van der Waals surface area contributed by atoms with Crippen LogP contribution in [0.25, 0.3) is 11.3 Å². The van der Waals surface area contributed by atoms with Crippen molar-refractivity contribution in [2.45, 2.75) is 39.0 Å². The zero-order chi connectivity index (χ0) is 21.3. The SMILES string of the molecule is CC(C)N(CCc1ccc2c(c1)CO/C2=C1/C(=O)Nc2ccccc21)C[C@@H](O)CO. The number of ether oxygens (including phenoxy) is 1. The molecule has 6 heteroatoms. The van der Waals surface area contributed by atoms with Crippen molar-refractivity contribution in [3.63, 3.8) is 0 Å². The predicted molar refractivity (Wildman–Crippen MR) is 117 cm³/mol. The molecule has 0 bridgehead atoms. The summed E-state index contributed by atoms with van der Waals surface area (Å²) in [5.74, 6) is 0.520. The monoisotopic (exact) mass is 408 g/mol. The number of benzene rings is 2. The number of amides is 1. The van der Waals surface area contributed by atoms with Crippen molar-refractivity contribution in [1.82, 2.24) is 4.90 Å². The standard InChI is InChI=1S/C24H28N2O4/c1-15(2)26(12-18(28)13-27)10-9-16-7-8-19-17(11-16)14-30-23(19)22-20-5-3-4-6-21(20)25-24(22)29/h3-8,11,15,18,27-28H,9-10,12-14H2,1-2H3,(H,25,29)/b23-22+/t18-/m1/s1. The van der Waals surface area contributed by atoms with Crippen molar-refractivity contribution < 1.29 is 19.7 Å². The Bertz CT molecular complexity index is 983. The topological polar surface area (TPSA) is 82.0 Å². The average molecular weight is 408 g/mol. The third kappa shape index (κ3) is 3.99. The highest BCUT2D eigenvalue weighted by Gasteiger charge is 2.32. The van der Waals surface area contributed by atoms with E-state index in [9.17, 15) is 9.90 Å². The second-order valence-electron chi connectivity index (χ2n) is 8.16. The van der Waals surface area contributed by atoms with E-state index in [1.807, 2.05) is 30.3 Å². The normalized spacial score (nSPS) is 18.4. The third-order valence-electron chi connectivity index (χ3n) is 5.76. The Balaban J connectivity index is 1.54. The van der Waals surface area contributed by atoms with Crippen molar-refractivity contribution in [1.29, 1.82) is 0 Å². The first-order valence-electron chi connectivity index (χ1n) is 10.4. The van der Waals surface area contributed by atoms with Gasteiger partial charge in [0.2, 0.25) is 0 Å². The Kier molecular flexibility index (Phi) is 5.90. The molecule has 2 aliphatic rings. The molecule has 0 fully saturated rings. The highest BCUT2D eigenvalue weighted by molar-refractivity contribution is 6.36. The number of para-hydroxylation sites is 1. The lowest BCUT2D eigenvalue weighted by Gasteiger charge is -2.28. The molecule has 0 aromatic heterocycles. The summed E-state index contributed by atoms with van der Waals surface area (Å²) in [5.41, 5.74) is 5.53. The van der Waals surface area contributed by atoms with Crippen LogP contribution in [0.15, 0.2) is 42.5 Å². The van der Waals surface area contributed by atoms with Crippen LogP contribution >= 0.6 is 0 Å². The van der Waals surface area contributed by atoms with Crippen molar-refractivity contribution in [2.24, 2.45) is 0 Å². The molecule has 1 amide bonds. The first-order valence-corrected chi connectivity index (χ1v) is 10.4. The van der Waals surface area contributed by atoms with Crippen LogP contribution in [0.3, 0.4) is 0 Å². The van der Waals surface area contributed by atoms with Gasteiger partial charge in [0.05, 0.1) is 18.3 Å². The Morgan fingerprint density at radius 1 is 1.17 bits per heavy atom. The summed E-state index contributed by atoms with van der Waals surface area (Å²) >= 11 is 0. The fourth-order valence-electron chi connectivity index (χ4n) is 4.08. The molecule has 3 N–H and O–H groups in total. The van der Waals surface area contributed by atoms with Gasteiger partial charge in [0.25, 0.3) is 5.91 Å². The van der Waals surface area contributed by atoms with E-state index in [2.05, 4.69) is 36.2 Å². The zero-order valence-corrected chi connectivity index (χ0v) is 17.4. The molecule has 2 heterocycles. The van der Waals surface area contributed by atoms with E-state index in [1.54, 1.807) is 0 Å². The first-order chi connectivity index (χ1) is 14.5. The number of aliphatic hydroxyl groups is 2. The van der Waals surface area contributed by atoms with Crippen LogP contribution < -0.4 is 5.32 Å². The minimum Gasteiger partial charge on any atom is -0.487 e. The van der Waals surface area contributed by atoms with Crippen LogP contribution in [0.4, 0.5) is 5.69 Å². The second-order valence-corrected chi connectivity index (χ2v) is 8.16. The lowest BCUT2D eigenvalue weighted by atomic mass is 9.98. The molecule has 0 radical (unpaired) electrons. The van der Waals surface area contributed by atoms with Gasteiger partial charge in [0.1, 0.15) is 12.4 Å². The van der Waals surface area contributed by atoms with E-state index >= 15 is 0 Å². The molecular weight excluding hydrogens is 380 g/mol. The molecule has 0 spiro atoms. The molecule has 30 heavy (non-hydrogen) atoms. The summed E-state index contributed by atoms with van der Waals surface area (Å²) in [6.07, 6.45) is 0.106. The number of carbonyl (C=O) groups excluding carboxylic acids is 1. The van der Waals surface area contributed by atoms with E-state index in [0.29, 0.717) is 24.5 Å². The number of aliphatic hydroxyl groups excluding tert-OH is 2. The van der Waals surface area contributed by atoms with Gasteiger partial charge in [-0.05, 0) is 31.9 Å². The van der Waals surface area contributed by atoms with Gasteiger partial charge in [-0.15, -0.1) is 0 Å². The van der Waals surface area contributed by atoms with Gasteiger partial charge in [-0.1, -0.05) is 36.4 Å². The Labute approximate surface area is 176 Å². The van der Waals surface area contributed by atoms with Gasteiger partial charge in [-0.25, -0.2) is 0 Å². The number of fused-ring (bicyclic) bond motifs is 2. The zero-order valence-electron chi connectivity index (χ0n) is 17.4. The van der Waals surface area contributed by atoms with Crippen LogP contribution in [-0.2, 0) is 22.6 Å². The molecule has 158 valence electrons. The van der Waals surface area contributed by atoms with E-state index < -0.39 is 6.10 Å². The molecule has 0 unspecified atom stereocenters. The number of rotatable bonds is 7. The molecule has 0 saturated heterocycles. The number of nitrogens with one attached hydrogen (secondary N) is 1. The second kappa shape index (κ2) is 8.60. The number of carbonyl (C=O) groups is 1. The fraction of sp³-hybridized carbons (Fsp3) is 0.375. The van der Waals surface area contributed by atoms with Crippen LogP contribution in [0, 0.1) is 0 Å². The van der Waals surface area contributed by atoms with E-state index in [1.165, 1.54) is 5.56 Å². The molecule has 0 saturated carbocycles. The summed E-state index contributed by atoms with van der Waals surface area (Å²) in [4.78, 5) is 14.7. The van der Waals surface area contributed by atoms with Crippen LogP contribution in [0.2, 0.25) is 0 Å². The quantitative estimate of drug-likeness (QED) is 0.614. The maximum atomic E-state index is 12.6. The van der Waals surface area contributed by atoms with E-state index in [4.69, 9.17) is 9.84 Å². The third-order valence-corrected chi connectivity index (χ3v) is 5.76. The van der Waals surface area contributed by atoms with Gasteiger partial charge in [-0.2, -0.15) is 0 Å². The fourth-order valence-corrected chi connectivity index (χ4v) is 4.08. The molecule has 2 aromatic rings. The average Bonchev–Trinajstić information content (AvgIpc) is 3.29. The minimum atomic E-state index is -0.726. The van der Waals surface area contributed by atoms with Crippen molar-refractivity contribution >= 4 is 22.9 Å². The first kappa shape index (κ1) is 20.6. The molecule has 2 aliphatic heterocycles. The van der Waals surface area contributed by atoms with Gasteiger partial charge in [0.15, 0.2) is 0 Å². The van der Waals surface area contributed by atoms with Crippen LogP contribution in [0.5, 0.6) is 0 Å². The van der Waals surface area contributed by atoms with Crippen molar-refractivity contribution in [3.05, 3.63) is 64.7 Å². The molecule has 4 rings (SSSR count). The Morgan fingerprint density at radius 2 is 1.97 bits per heavy atom. The number of anilines is 1. The largest absolute Gasteiger partial charge is 0.487 e. The number of hydrogen-bond acceptors (Lipinski definition) is 5. The highest BCUT2D eigenvalue weighted by Crippen LogP contribution is 2.41. The maximum absolute atomic E-state index is 12.6. The van der Waals surface area contributed by atoms with Gasteiger partial charge in [0, 0.05) is 41.5 Å². The number of hydrogen-bond donors (Lipinski definition) is 3. The predicted octanol–water partition coefficient (Wildman–Crippen LogP) is 2.64. The molecule has 1 atom stereocenters. The summed E-state index contributed by atoms with van der Waals surface area (Å²) in [7, 11) is 0. The lowest BCUT2D eigenvalue weighted by molar-refractivity contribution is -0.110. The van der Waals surface area contributed by atoms with E-state index in [-0.39, 0.29) is 18.6 Å². The molecule has 2 aromatic carbocycles. The summed E-state index contributed by atoms with van der Waals surface area (Å²) in [5, 5.41) is 21.8. The smallest absolute Gasteiger partial charge is 0.260 e. The molecule has 6 nitrogen and oxygen atoms in total. The Hall–Kier alpha value is -2.67. The van der Waals surface area contributed by atoms with Crippen molar-refractivity contribution in [3.8, 4) is 0 Å². The van der Waals surface area contributed by atoms with Gasteiger partial charge < -0.3 is 20.3 Å². The van der Waals surface area contributed by atoms with Crippen molar-refractivity contribution in [2.75, 3.05) is 25.0 Å². The lowest BCUT2D eigenvalue weighted by Crippen LogP contribution is -2.40. The van der Waals surface area contributed by atoms with Gasteiger partial charge in [-0.3, -0.25) is 9.69 Å².